The molecular weight excluding hydrogens is 518 g/mol. The summed E-state index contributed by atoms with van der Waals surface area (Å²) < 4.78 is 6.84. The highest BCUT2D eigenvalue weighted by Crippen LogP contribution is 2.28. The summed E-state index contributed by atoms with van der Waals surface area (Å²) in [5.74, 6) is -0.870. The molecule has 4 rings (SSSR count). The Morgan fingerprint density at radius 1 is 1.21 bits per heavy atom. The molecule has 3 aromatic rings. The Kier molecular flexibility index (Phi) is 7.96. The highest BCUT2D eigenvalue weighted by atomic mass is 35.5. The number of rotatable bonds is 9. The first-order valence-corrected chi connectivity index (χ1v) is 12.1. The monoisotopic (exact) mass is 543 g/mol. The molecule has 1 aliphatic rings. The molecular formula is C24H26ClN7O6. The predicted octanol–water partition coefficient (Wildman–Crippen LogP) is 0.974. The van der Waals surface area contributed by atoms with Gasteiger partial charge in [0.15, 0.2) is 18.2 Å². The van der Waals surface area contributed by atoms with Gasteiger partial charge >= 0.3 is 5.97 Å². The van der Waals surface area contributed by atoms with Gasteiger partial charge in [0.1, 0.15) is 5.02 Å². The number of hydrogen-bond acceptors (Lipinski definition) is 9. The Hall–Kier alpha value is -4.39. The van der Waals surface area contributed by atoms with Gasteiger partial charge in [0, 0.05) is 44.8 Å². The van der Waals surface area contributed by atoms with E-state index < -0.39 is 5.97 Å². The Labute approximate surface area is 222 Å². The lowest BCUT2D eigenvalue weighted by Gasteiger charge is -2.34. The number of aryl methyl sites for hydroxylation is 1. The molecule has 38 heavy (non-hydrogen) atoms. The second-order valence-electron chi connectivity index (χ2n) is 8.55. The lowest BCUT2D eigenvalue weighted by molar-refractivity contribution is -0.138. The van der Waals surface area contributed by atoms with Gasteiger partial charge in [-0.05, 0) is 24.3 Å². The Morgan fingerprint density at radius 2 is 2.00 bits per heavy atom. The lowest BCUT2D eigenvalue weighted by atomic mass is 10.2. The molecule has 0 unspecified atom stereocenters. The van der Waals surface area contributed by atoms with E-state index in [1.807, 2.05) is 0 Å². The summed E-state index contributed by atoms with van der Waals surface area (Å²) >= 11 is 6.34. The SMILES string of the molecule is CNC(=O)COc1cc2cc(Nc3nc(N4CCN(CCC(=O)O)C(=O)C4)ncc3Cl)ccc2n(C)c1=O. The molecule has 1 saturated heterocycles. The highest BCUT2D eigenvalue weighted by molar-refractivity contribution is 6.32. The number of halogens is 1. The van der Waals surface area contributed by atoms with E-state index in [-0.39, 0.29) is 54.3 Å². The normalized spacial score (nSPS) is 13.5. The quantitative estimate of drug-likeness (QED) is 0.355. The first-order valence-electron chi connectivity index (χ1n) is 11.7. The number of fused-ring (bicyclic) bond motifs is 1. The van der Waals surface area contributed by atoms with E-state index in [9.17, 15) is 19.2 Å². The Morgan fingerprint density at radius 3 is 2.71 bits per heavy atom. The van der Waals surface area contributed by atoms with Gasteiger partial charge in [-0.1, -0.05) is 11.6 Å². The van der Waals surface area contributed by atoms with E-state index in [2.05, 4.69) is 20.6 Å². The average Bonchev–Trinajstić information content (AvgIpc) is 2.90. The van der Waals surface area contributed by atoms with Crippen LogP contribution in [0.4, 0.5) is 17.5 Å². The molecule has 0 aliphatic carbocycles. The number of carboxylic acids is 1. The van der Waals surface area contributed by atoms with E-state index in [0.29, 0.717) is 41.4 Å². The molecule has 0 spiro atoms. The minimum atomic E-state index is -0.958. The smallest absolute Gasteiger partial charge is 0.305 e. The molecule has 200 valence electrons. The standard InChI is InChI=1S/C24H26ClN7O6/c1-26-19(33)13-38-18-10-14-9-15(3-4-17(14)30(2)23(18)37)28-22-16(25)11-27-24(29-22)32-8-7-31(20(34)12-32)6-5-21(35)36/h3-4,9-11H,5-8,12-13H2,1-2H3,(H,26,33)(H,35,36)(H,27,28,29). The van der Waals surface area contributed by atoms with Crippen molar-refractivity contribution in [3.05, 3.63) is 45.8 Å². The van der Waals surface area contributed by atoms with Gasteiger partial charge in [-0.25, -0.2) is 4.98 Å². The number of carbonyl (C=O) groups is 3. The van der Waals surface area contributed by atoms with Gasteiger partial charge in [-0.3, -0.25) is 19.2 Å². The van der Waals surface area contributed by atoms with Crippen molar-refractivity contribution in [3.8, 4) is 5.75 Å². The molecule has 2 aromatic heterocycles. The van der Waals surface area contributed by atoms with Crippen LogP contribution in [0.25, 0.3) is 10.9 Å². The molecule has 0 radical (unpaired) electrons. The molecule has 3 N–H and O–H groups in total. The van der Waals surface area contributed by atoms with Gasteiger partial charge < -0.3 is 34.8 Å². The zero-order valence-electron chi connectivity index (χ0n) is 20.7. The van der Waals surface area contributed by atoms with Gasteiger partial charge in [0.25, 0.3) is 11.5 Å². The summed E-state index contributed by atoms with van der Waals surface area (Å²) in [5.41, 5.74) is 0.902. The summed E-state index contributed by atoms with van der Waals surface area (Å²) in [4.78, 5) is 59.4. The van der Waals surface area contributed by atoms with Crippen LogP contribution in [0.5, 0.6) is 5.75 Å². The Balaban J connectivity index is 1.54. The molecule has 1 aliphatic heterocycles. The molecule has 3 heterocycles. The first-order chi connectivity index (χ1) is 18.2. The molecule has 13 nitrogen and oxygen atoms in total. The maximum absolute atomic E-state index is 12.6. The van der Waals surface area contributed by atoms with Crippen LogP contribution in [0, 0.1) is 0 Å². The fourth-order valence-corrected chi connectivity index (χ4v) is 4.07. The fourth-order valence-electron chi connectivity index (χ4n) is 3.93. The van der Waals surface area contributed by atoms with Crippen LogP contribution in [-0.4, -0.2) is 82.2 Å². The minimum Gasteiger partial charge on any atom is -0.481 e. The van der Waals surface area contributed by atoms with Crippen molar-refractivity contribution >= 4 is 57.7 Å². The predicted molar refractivity (Wildman–Crippen MR) is 140 cm³/mol. The maximum atomic E-state index is 12.6. The van der Waals surface area contributed by atoms with Gasteiger partial charge in [-0.2, -0.15) is 4.98 Å². The van der Waals surface area contributed by atoms with Crippen LogP contribution in [0.2, 0.25) is 5.02 Å². The second kappa shape index (κ2) is 11.3. The molecule has 0 bridgehead atoms. The number of carboxylic acid groups (broad SMARTS) is 1. The largest absolute Gasteiger partial charge is 0.481 e. The molecule has 1 fully saturated rings. The van der Waals surface area contributed by atoms with Gasteiger partial charge in [0.2, 0.25) is 11.9 Å². The number of aliphatic carboxylic acids is 1. The Bertz CT molecular complexity index is 1460. The van der Waals surface area contributed by atoms with Gasteiger partial charge in [-0.15, -0.1) is 0 Å². The minimum absolute atomic E-state index is 0.0174. The summed E-state index contributed by atoms with van der Waals surface area (Å²) in [6.07, 6.45) is 1.32. The second-order valence-corrected chi connectivity index (χ2v) is 8.95. The van der Waals surface area contributed by atoms with Crippen molar-refractivity contribution in [3.63, 3.8) is 0 Å². The van der Waals surface area contributed by atoms with Crippen molar-refractivity contribution in [2.24, 2.45) is 7.05 Å². The number of amides is 2. The molecule has 2 amide bonds. The summed E-state index contributed by atoms with van der Waals surface area (Å²) in [7, 11) is 3.09. The number of nitrogens with one attached hydrogen (secondary N) is 2. The van der Waals surface area contributed by atoms with Crippen molar-refractivity contribution in [2.45, 2.75) is 6.42 Å². The third-order valence-corrected chi connectivity index (χ3v) is 6.30. The topological polar surface area (TPSA) is 159 Å². The highest BCUT2D eigenvalue weighted by Gasteiger charge is 2.26. The number of hydrogen-bond donors (Lipinski definition) is 3. The molecule has 0 atom stereocenters. The first kappa shape index (κ1) is 26.7. The number of anilines is 3. The van der Waals surface area contributed by atoms with E-state index in [0.717, 1.165) is 0 Å². The number of carbonyl (C=O) groups excluding carboxylic acids is 2. The van der Waals surface area contributed by atoms with Crippen molar-refractivity contribution in [1.82, 2.24) is 24.8 Å². The fraction of sp³-hybridized carbons (Fsp3) is 0.333. The van der Waals surface area contributed by atoms with Crippen LogP contribution in [-0.2, 0) is 21.4 Å². The van der Waals surface area contributed by atoms with E-state index in [1.54, 1.807) is 36.2 Å². The average molecular weight is 544 g/mol. The molecule has 1 aromatic carbocycles. The van der Waals surface area contributed by atoms with Crippen LogP contribution in [0.1, 0.15) is 6.42 Å². The number of aromatic nitrogens is 3. The number of ether oxygens (including phenoxy) is 1. The summed E-state index contributed by atoms with van der Waals surface area (Å²) in [5, 5.41) is 15.4. The van der Waals surface area contributed by atoms with Crippen LogP contribution < -0.4 is 25.8 Å². The number of likely N-dealkylation sites (N-methyl/N-ethyl adjacent to an activating group) is 1. The lowest BCUT2D eigenvalue weighted by Crippen LogP contribution is -2.51. The summed E-state index contributed by atoms with van der Waals surface area (Å²) in [6, 6.07) is 6.86. The van der Waals surface area contributed by atoms with E-state index >= 15 is 0 Å². The van der Waals surface area contributed by atoms with E-state index in [1.165, 1.54) is 22.7 Å². The van der Waals surface area contributed by atoms with Crippen molar-refractivity contribution in [2.75, 3.05) is 50.1 Å². The number of benzene rings is 1. The van der Waals surface area contributed by atoms with Crippen LogP contribution >= 0.6 is 11.6 Å². The maximum Gasteiger partial charge on any atom is 0.305 e. The zero-order chi connectivity index (χ0) is 27.4. The van der Waals surface area contributed by atoms with Crippen LogP contribution in [0.3, 0.4) is 0 Å². The molecule has 0 saturated carbocycles. The third kappa shape index (κ3) is 5.94. The van der Waals surface area contributed by atoms with Crippen molar-refractivity contribution < 1.29 is 24.2 Å². The number of pyridine rings is 1. The number of nitrogens with zero attached hydrogens (tertiary/aromatic N) is 5. The van der Waals surface area contributed by atoms with E-state index in [4.69, 9.17) is 21.4 Å². The van der Waals surface area contributed by atoms with Crippen LogP contribution in [0.15, 0.2) is 35.3 Å². The van der Waals surface area contributed by atoms with Gasteiger partial charge in [0.05, 0.1) is 24.7 Å². The van der Waals surface area contributed by atoms with Crippen molar-refractivity contribution in [1.29, 1.82) is 0 Å². The summed E-state index contributed by atoms with van der Waals surface area (Å²) in [6.45, 7) is 0.681. The third-order valence-electron chi connectivity index (χ3n) is 6.02. The number of piperazine rings is 1. The zero-order valence-corrected chi connectivity index (χ0v) is 21.5. The molecule has 14 heteroatoms.